The van der Waals surface area contributed by atoms with Crippen molar-refractivity contribution in [2.75, 3.05) is 4.90 Å². The summed E-state index contributed by atoms with van der Waals surface area (Å²) in [6.45, 7) is 4.42. The lowest BCUT2D eigenvalue weighted by molar-refractivity contribution is 0.618. The maximum Gasteiger partial charge on any atom is 0.137 e. The molecule has 0 aliphatic carbocycles. The molecular formula is C37H29FN4. The fourth-order valence-electron chi connectivity index (χ4n) is 5.76. The number of fused-ring (bicyclic) bond motifs is 3. The number of aromatic nitrogens is 3. The highest BCUT2D eigenvalue weighted by molar-refractivity contribution is 6.11. The predicted molar refractivity (Wildman–Crippen MR) is 170 cm³/mol. The molecule has 7 rings (SSSR count). The molecule has 0 saturated carbocycles. The summed E-state index contributed by atoms with van der Waals surface area (Å²) in [4.78, 5) is 11.5. The lowest BCUT2D eigenvalue weighted by Crippen LogP contribution is -2.20. The van der Waals surface area contributed by atoms with Gasteiger partial charge in [-0.3, -0.25) is 9.88 Å². The average molecular weight is 549 g/mol. The van der Waals surface area contributed by atoms with E-state index in [0.717, 1.165) is 50.4 Å². The predicted octanol–water partition coefficient (Wildman–Crippen LogP) is 9.51. The van der Waals surface area contributed by atoms with Crippen LogP contribution in [0.2, 0.25) is 0 Å². The minimum absolute atomic E-state index is 0.255. The summed E-state index contributed by atoms with van der Waals surface area (Å²) < 4.78 is 16.1. The molecule has 5 heteroatoms. The van der Waals surface area contributed by atoms with E-state index >= 15 is 0 Å². The lowest BCUT2D eigenvalue weighted by Gasteiger charge is -2.25. The van der Waals surface area contributed by atoms with Crippen LogP contribution in [0.4, 0.5) is 21.6 Å². The standard InChI is InChI=1S/C37H29FN4/c1-37(2,35-12-6-8-22-39-35)26-14-20-33-31(24-26)32-25-30(19-21-34(32)42(33)29-17-15-27(38)16-18-29)41(28-10-4-3-5-11-28)36-13-7-9-23-40-36/h3-25H,1-2H3. The van der Waals surface area contributed by atoms with Gasteiger partial charge in [0.25, 0.3) is 0 Å². The molecule has 0 bridgehead atoms. The third-order valence-electron chi connectivity index (χ3n) is 8.01. The maximum absolute atomic E-state index is 13.9. The van der Waals surface area contributed by atoms with E-state index in [1.165, 1.54) is 17.7 Å². The number of pyridine rings is 2. The average Bonchev–Trinajstić information content (AvgIpc) is 3.36. The van der Waals surface area contributed by atoms with Crippen molar-refractivity contribution in [2.45, 2.75) is 19.3 Å². The van der Waals surface area contributed by atoms with Crippen LogP contribution in [0, 0.1) is 5.82 Å². The molecule has 204 valence electrons. The molecule has 7 aromatic rings. The van der Waals surface area contributed by atoms with Gasteiger partial charge < -0.3 is 4.57 Å². The van der Waals surface area contributed by atoms with Crippen molar-refractivity contribution in [3.63, 3.8) is 0 Å². The molecule has 42 heavy (non-hydrogen) atoms. The Hall–Kier alpha value is -5.29. The molecule has 0 aliphatic rings. The van der Waals surface area contributed by atoms with Gasteiger partial charge in [0, 0.05) is 45.6 Å². The van der Waals surface area contributed by atoms with Gasteiger partial charge in [-0.2, -0.15) is 0 Å². The van der Waals surface area contributed by atoms with Crippen molar-refractivity contribution in [1.82, 2.24) is 14.5 Å². The van der Waals surface area contributed by atoms with E-state index in [-0.39, 0.29) is 11.2 Å². The second-order valence-electron chi connectivity index (χ2n) is 10.9. The molecule has 3 aromatic heterocycles. The zero-order valence-electron chi connectivity index (χ0n) is 23.4. The molecule has 0 unspecified atom stereocenters. The molecule has 4 nitrogen and oxygen atoms in total. The topological polar surface area (TPSA) is 34.0 Å². The third kappa shape index (κ3) is 4.40. The van der Waals surface area contributed by atoms with Crippen LogP contribution in [-0.2, 0) is 5.41 Å². The Morgan fingerprint density at radius 3 is 1.98 bits per heavy atom. The summed E-state index contributed by atoms with van der Waals surface area (Å²) in [5.41, 5.74) is 6.90. The quantitative estimate of drug-likeness (QED) is 0.208. The van der Waals surface area contributed by atoms with Crippen LogP contribution in [-0.4, -0.2) is 14.5 Å². The Morgan fingerprint density at radius 2 is 1.29 bits per heavy atom. The second-order valence-corrected chi connectivity index (χ2v) is 10.9. The Bertz CT molecular complexity index is 1960. The first-order valence-electron chi connectivity index (χ1n) is 14.0. The van der Waals surface area contributed by atoms with Crippen LogP contribution in [0.3, 0.4) is 0 Å². The third-order valence-corrected chi connectivity index (χ3v) is 8.01. The van der Waals surface area contributed by atoms with E-state index < -0.39 is 0 Å². The number of hydrogen-bond donors (Lipinski definition) is 0. The smallest absolute Gasteiger partial charge is 0.137 e. The van der Waals surface area contributed by atoms with E-state index in [1.54, 1.807) is 0 Å². The zero-order chi connectivity index (χ0) is 28.7. The molecule has 0 saturated heterocycles. The summed E-state index contributed by atoms with van der Waals surface area (Å²) in [6, 6.07) is 42.1. The first-order chi connectivity index (χ1) is 20.5. The van der Waals surface area contributed by atoms with E-state index in [2.05, 4.69) is 82.9 Å². The summed E-state index contributed by atoms with van der Waals surface area (Å²) in [5, 5.41) is 2.22. The van der Waals surface area contributed by atoms with Crippen LogP contribution >= 0.6 is 0 Å². The van der Waals surface area contributed by atoms with Crippen molar-refractivity contribution in [2.24, 2.45) is 0 Å². The lowest BCUT2D eigenvalue weighted by atomic mass is 9.80. The van der Waals surface area contributed by atoms with Gasteiger partial charge in [-0.25, -0.2) is 9.37 Å². The van der Waals surface area contributed by atoms with Crippen LogP contribution in [0.25, 0.3) is 27.5 Å². The van der Waals surface area contributed by atoms with Crippen LogP contribution in [0.1, 0.15) is 25.1 Å². The van der Waals surface area contributed by atoms with E-state index in [1.807, 2.05) is 73.1 Å². The van der Waals surface area contributed by atoms with Crippen molar-refractivity contribution in [3.05, 3.63) is 157 Å². The first-order valence-corrected chi connectivity index (χ1v) is 14.0. The normalized spacial score (nSPS) is 11.7. The fraction of sp³-hybridized carbons (Fsp3) is 0.0811. The van der Waals surface area contributed by atoms with Gasteiger partial charge in [-0.1, -0.05) is 50.2 Å². The largest absolute Gasteiger partial charge is 0.309 e. The summed E-state index contributed by atoms with van der Waals surface area (Å²) >= 11 is 0. The Labute approximate surface area is 244 Å². The number of rotatable bonds is 6. The zero-order valence-corrected chi connectivity index (χ0v) is 23.4. The van der Waals surface area contributed by atoms with Crippen molar-refractivity contribution in [1.29, 1.82) is 0 Å². The number of benzene rings is 4. The second kappa shape index (κ2) is 10.3. The van der Waals surface area contributed by atoms with Crippen molar-refractivity contribution in [3.8, 4) is 5.69 Å². The van der Waals surface area contributed by atoms with Gasteiger partial charge in [0.05, 0.1) is 16.7 Å². The molecule has 0 atom stereocenters. The van der Waals surface area contributed by atoms with E-state index in [4.69, 9.17) is 4.98 Å². The van der Waals surface area contributed by atoms with Gasteiger partial charge in [-0.15, -0.1) is 0 Å². The molecule has 4 aromatic carbocycles. The highest BCUT2D eigenvalue weighted by atomic mass is 19.1. The van der Waals surface area contributed by atoms with Crippen molar-refractivity contribution < 1.29 is 4.39 Å². The Balaban J connectivity index is 1.49. The Morgan fingerprint density at radius 1 is 0.619 bits per heavy atom. The SMILES string of the molecule is CC(C)(c1ccc2c(c1)c1cc(N(c3ccccc3)c3ccccn3)ccc1n2-c1ccc(F)cc1)c1ccccn1. The van der Waals surface area contributed by atoms with E-state index in [9.17, 15) is 4.39 Å². The molecular weight excluding hydrogens is 519 g/mol. The number of nitrogens with zero attached hydrogens (tertiary/aromatic N) is 4. The number of halogens is 1. The first kappa shape index (κ1) is 25.7. The van der Waals surface area contributed by atoms with Gasteiger partial charge in [-0.05, 0) is 96.6 Å². The summed E-state index contributed by atoms with van der Waals surface area (Å²) in [5.74, 6) is 0.581. The molecule has 0 amide bonds. The van der Waals surface area contributed by atoms with E-state index in [0.29, 0.717) is 0 Å². The minimum Gasteiger partial charge on any atom is -0.309 e. The highest BCUT2D eigenvalue weighted by Gasteiger charge is 2.26. The minimum atomic E-state index is -0.304. The maximum atomic E-state index is 13.9. The van der Waals surface area contributed by atoms with Gasteiger partial charge in [0.15, 0.2) is 0 Å². The molecule has 0 aliphatic heterocycles. The van der Waals surface area contributed by atoms with Crippen LogP contribution < -0.4 is 4.90 Å². The van der Waals surface area contributed by atoms with Crippen LogP contribution in [0.5, 0.6) is 0 Å². The van der Waals surface area contributed by atoms with Gasteiger partial charge in [0.1, 0.15) is 11.6 Å². The Kier molecular flexibility index (Phi) is 6.28. The molecule has 0 N–H and O–H groups in total. The summed E-state index contributed by atoms with van der Waals surface area (Å²) in [6.07, 6.45) is 3.66. The molecule has 0 fully saturated rings. The highest BCUT2D eigenvalue weighted by Crippen LogP contribution is 2.41. The molecule has 0 spiro atoms. The number of para-hydroxylation sites is 1. The monoisotopic (exact) mass is 548 g/mol. The van der Waals surface area contributed by atoms with Crippen molar-refractivity contribution >= 4 is 39.0 Å². The molecule has 0 radical (unpaired) electrons. The number of hydrogen-bond acceptors (Lipinski definition) is 3. The fourth-order valence-corrected chi connectivity index (χ4v) is 5.76. The van der Waals surface area contributed by atoms with Gasteiger partial charge >= 0.3 is 0 Å². The van der Waals surface area contributed by atoms with Gasteiger partial charge in [0.2, 0.25) is 0 Å². The number of anilines is 3. The summed E-state index contributed by atoms with van der Waals surface area (Å²) in [7, 11) is 0. The van der Waals surface area contributed by atoms with Crippen LogP contribution in [0.15, 0.2) is 140 Å². The molecule has 3 heterocycles.